The predicted octanol–water partition coefficient (Wildman–Crippen LogP) is 3.24. The highest BCUT2D eigenvalue weighted by atomic mass is 16.3. The Hall–Kier alpha value is -0.300. The van der Waals surface area contributed by atoms with E-state index in [1.54, 1.807) is 0 Å². The Kier molecular flexibility index (Phi) is 6.97. The van der Waals surface area contributed by atoms with Gasteiger partial charge in [0.15, 0.2) is 0 Å². The van der Waals surface area contributed by atoms with Crippen molar-refractivity contribution in [2.24, 2.45) is 17.8 Å². The summed E-state index contributed by atoms with van der Waals surface area (Å²) >= 11 is 0. The van der Waals surface area contributed by atoms with E-state index in [2.05, 4.69) is 39.8 Å². The van der Waals surface area contributed by atoms with Crippen LogP contribution in [0.4, 0.5) is 0 Å². The van der Waals surface area contributed by atoms with Gasteiger partial charge in [-0.2, -0.15) is 0 Å². The summed E-state index contributed by atoms with van der Waals surface area (Å²) in [6.45, 7) is 9.13. The molecule has 1 heteroatoms. The minimum Gasteiger partial charge on any atom is -0.396 e. The van der Waals surface area contributed by atoms with Crippen LogP contribution in [-0.2, 0) is 0 Å². The van der Waals surface area contributed by atoms with E-state index in [0.717, 1.165) is 12.3 Å². The molecule has 13 heavy (non-hydrogen) atoms. The number of allylic oxidation sites excluding steroid dienone is 2. The molecule has 0 rings (SSSR count). The lowest BCUT2D eigenvalue weighted by Crippen LogP contribution is -2.04. The highest BCUT2D eigenvalue weighted by molar-refractivity contribution is 4.89. The van der Waals surface area contributed by atoms with E-state index in [0.29, 0.717) is 18.4 Å². The molecular weight excluding hydrogens is 160 g/mol. The third kappa shape index (κ3) is 5.87. The lowest BCUT2D eigenvalue weighted by Gasteiger charge is -2.13. The van der Waals surface area contributed by atoms with Crippen LogP contribution < -0.4 is 0 Å². The largest absolute Gasteiger partial charge is 0.396 e. The highest BCUT2D eigenvalue weighted by Gasteiger charge is 2.05. The van der Waals surface area contributed by atoms with Gasteiger partial charge in [-0.1, -0.05) is 46.3 Å². The first-order chi connectivity index (χ1) is 6.11. The lowest BCUT2D eigenvalue weighted by molar-refractivity contribution is 0.238. The Morgan fingerprint density at radius 1 is 1.23 bits per heavy atom. The fraction of sp³-hybridized carbons (Fsp3) is 0.833. The molecule has 0 aromatic heterocycles. The summed E-state index contributed by atoms with van der Waals surface area (Å²) in [6, 6.07) is 0. The van der Waals surface area contributed by atoms with Gasteiger partial charge in [-0.05, 0) is 24.2 Å². The van der Waals surface area contributed by atoms with Crippen molar-refractivity contribution in [3.05, 3.63) is 12.2 Å². The van der Waals surface area contributed by atoms with Gasteiger partial charge >= 0.3 is 0 Å². The van der Waals surface area contributed by atoms with Gasteiger partial charge in [0, 0.05) is 6.61 Å². The molecule has 0 amide bonds. The monoisotopic (exact) mass is 184 g/mol. The van der Waals surface area contributed by atoms with E-state index >= 15 is 0 Å². The lowest BCUT2D eigenvalue weighted by atomic mass is 9.92. The third-order valence-corrected chi connectivity index (χ3v) is 2.83. The summed E-state index contributed by atoms with van der Waals surface area (Å²) in [7, 11) is 0. The summed E-state index contributed by atoms with van der Waals surface area (Å²) in [5.41, 5.74) is 0. The summed E-state index contributed by atoms with van der Waals surface area (Å²) < 4.78 is 0. The van der Waals surface area contributed by atoms with Gasteiger partial charge in [0.05, 0.1) is 0 Å². The Labute approximate surface area is 82.9 Å². The summed E-state index contributed by atoms with van der Waals surface area (Å²) in [5.74, 6) is 1.83. The van der Waals surface area contributed by atoms with Crippen molar-refractivity contribution in [1.82, 2.24) is 0 Å². The molecule has 0 saturated carbocycles. The average Bonchev–Trinajstić information content (AvgIpc) is 2.15. The number of hydrogen-bond donors (Lipinski definition) is 1. The molecule has 1 N–H and O–H groups in total. The van der Waals surface area contributed by atoms with Crippen LogP contribution in [0.25, 0.3) is 0 Å². The second kappa shape index (κ2) is 7.14. The fourth-order valence-corrected chi connectivity index (χ4v) is 1.16. The van der Waals surface area contributed by atoms with E-state index in [1.165, 1.54) is 6.42 Å². The first-order valence-corrected chi connectivity index (χ1v) is 5.39. The SMILES string of the molecule is CC[C@H](C)[C@@H](C)/C=C/C[C@H](C)CO. The molecule has 0 heterocycles. The molecular formula is C12H24O. The van der Waals surface area contributed by atoms with Gasteiger partial charge in [-0.25, -0.2) is 0 Å². The second-order valence-electron chi connectivity index (χ2n) is 4.20. The first-order valence-electron chi connectivity index (χ1n) is 5.39. The topological polar surface area (TPSA) is 20.2 Å². The summed E-state index contributed by atoms with van der Waals surface area (Å²) in [6.07, 6.45) is 6.72. The van der Waals surface area contributed by atoms with Crippen LogP contribution in [0.1, 0.15) is 40.5 Å². The molecule has 0 aliphatic heterocycles. The van der Waals surface area contributed by atoms with Crippen molar-refractivity contribution >= 4 is 0 Å². The van der Waals surface area contributed by atoms with Crippen LogP contribution in [0.2, 0.25) is 0 Å². The molecule has 0 aliphatic carbocycles. The number of rotatable bonds is 6. The van der Waals surface area contributed by atoms with E-state index in [-0.39, 0.29) is 0 Å². The van der Waals surface area contributed by atoms with Gasteiger partial charge in [0.25, 0.3) is 0 Å². The Morgan fingerprint density at radius 3 is 2.31 bits per heavy atom. The zero-order valence-corrected chi connectivity index (χ0v) is 9.46. The first kappa shape index (κ1) is 12.7. The number of aliphatic hydroxyl groups is 1. The molecule has 0 bridgehead atoms. The van der Waals surface area contributed by atoms with Crippen LogP contribution in [0.5, 0.6) is 0 Å². The molecule has 0 aromatic carbocycles. The van der Waals surface area contributed by atoms with Crippen molar-refractivity contribution < 1.29 is 5.11 Å². The van der Waals surface area contributed by atoms with Crippen LogP contribution >= 0.6 is 0 Å². The van der Waals surface area contributed by atoms with Crippen molar-refractivity contribution in [3.63, 3.8) is 0 Å². The van der Waals surface area contributed by atoms with E-state index in [1.807, 2.05) is 0 Å². The minimum atomic E-state index is 0.294. The molecule has 0 unspecified atom stereocenters. The molecule has 0 radical (unpaired) electrons. The zero-order chi connectivity index (χ0) is 10.3. The Balaban J connectivity index is 3.70. The van der Waals surface area contributed by atoms with Crippen LogP contribution in [0.15, 0.2) is 12.2 Å². The summed E-state index contributed by atoms with van der Waals surface area (Å²) in [5, 5.41) is 8.82. The maximum Gasteiger partial charge on any atom is 0.0459 e. The highest BCUT2D eigenvalue weighted by Crippen LogP contribution is 2.16. The quantitative estimate of drug-likeness (QED) is 0.628. The molecule has 1 nitrogen and oxygen atoms in total. The summed E-state index contributed by atoms with van der Waals surface area (Å²) in [4.78, 5) is 0. The Morgan fingerprint density at radius 2 is 1.85 bits per heavy atom. The zero-order valence-electron chi connectivity index (χ0n) is 9.46. The average molecular weight is 184 g/mol. The second-order valence-corrected chi connectivity index (χ2v) is 4.20. The maximum atomic E-state index is 8.82. The van der Waals surface area contributed by atoms with Gasteiger partial charge in [0.1, 0.15) is 0 Å². The predicted molar refractivity (Wildman–Crippen MR) is 58.6 cm³/mol. The van der Waals surface area contributed by atoms with Crippen LogP contribution in [0, 0.1) is 17.8 Å². The van der Waals surface area contributed by atoms with Crippen molar-refractivity contribution in [2.45, 2.75) is 40.5 Å². The van der Waals surface area contributed by atoms with E-state index in [4.69, 9.17) is 5.11 Å². The minimum absolute atomic E-state index is 0.294. The van der Waals surface area contributed by atoms with Crippen LogP contribution in [-0.4, -0.2) is 11.7 Å². The molecule has 0 spiro atoms. The van der Waals surface area contributed by atoms with Gasteiger partial charge in [-0.15, -0.1) is 0 Å². The maximum absolute atomic E-state index is 8.82. The Bertz CT molecular complexity index is 140. The van der Waals surface area contributed by atoms with E-state index in [9.17, 15) is 0 Å². The van der Waals surface area contributed by atoms with Gasteiger partial charge in [0.2, 0.25) is 0 Å². The molecule has 78 valence electrons. The molecule has 0 aliphatic rings. The van der Waals surface area contributed by atoms with Crippen molar-refractivity contribution in [3.8, 4) is 0 Å². The van der Waals surface area contributed by atoms with Crippen LogP contribution in [0.3, 0.4) is 0 Å². The van der Waals surface area contributed by atoms with E-state index < -0.39 is 0 Å². The normalized spacial score (nSPS) is 18.8. The fourth-order valence-electron chi connectivity index (χ4n) is 1.16. The standard InChI is InChI=1S/C12H24O/c1-5-11(3)12(4)8-6-7-10(2)9-13/h6,8,10-13H,5,7,9H2,1-4H3/b8-6+/t10-,11-,12-/m0/s1. The third-order valence-electron chi connectivity index (χ3n) is 2.83. The van der Waals surface area contributed by atoms with Crippen molar-refractivity contribution in [1.29, 1.82) is 0 Å². The number of aliphatic hydroxyl groups excluding tert-OH is 1. The smallest absolute Gasteiger partial charge is 0.0459 e. The molecule has 0 aromatic rings. The van der Waals surface area contributed by atoms with Crippen molar-refractivity contribution in [2.75, 3.05) is 6.61 Å². The van der Waals surface area contributed by atoms with Gasteiger partial charge in [-0.3, -0.25) is 0 Å². The van der Waals surface area contributed by atoms with Gasteiger partial charge < -0.3 is 5.11 Å². The molecule has 0 saturated heterocycles. The number of hydrogen-bond acceptors (Lipinski definition) is 1. The molecule has 3 atom stereocenters. The molecule has 0 fully saturated rings.